The molecule has 0 unspecified atom stereocenters. The second-order valence-corrected chi connectivity index (χ2v) is 7.41. The van der Waals surface area contributed by atoms with Gasteiger partial charge < -0.3 is 20.3 Å². The van der Waals surface area contributed by atoms with Gasteiger partial charge in [0.05, 0.1) is 9.95 Å². The highest BCUT2D eigenvalue weighted by atomic mass is 35.5. The first-order valence-electron chi connectivity index (χ1n) is 8.97. The minimum Gasteiger partial charge on any atom is -0.482 e. The molecular weight excluding hydrogens is 419 g/mol. The summed E-state index contributed by atoms with van der Waals surface area (Å²) in [6.45, 7) is 4.36. The SMILES string of the molecule is Cc1cc(Cl)cc(Cl)c1OCC(=O)Nc1ccc(N2CCNCC2)c([N+](=O)[O-])c1. The third-order valence-corrected chi connectivity index (χ3v) is 4.95. The van der Waals surface area contributed by atoms with Crippen LogP contribution in [0.3, 0.4) is 0 Å². The number of nitrogens with zero attached hydrogens (tertiary/aromatic N) is 2. The largest absolute Gasteiger partial charge is 0.482 e. The summed E-state index contributed by atoms with van der Waals surface area (Å²) in [5, 5.41) is 18.1. The molecule has 1 saturated heterocycles. The molecule has 0 radical (unpaired) electrons. The number of amides is 1. The summed E-state index contributed by atoms with van der Waals surface area (Å²) in [6.07, 6.45) is 0. The Hall–Kier alpha value is -2.55. The second-order valence-electron chi connectivity index (χ2n) is 6.57. The Labute approximate surface area is 177 Å². The van der Waals surface area contributed by atoms with Crippen LogP contribution in [0.5, 0.6) is 5.75 Å². The van der Waals surface area contributed by atoms with Crippen LogP contribution in [-0.4, -0.2) is 43.6 Å². The summed E-state index contributed by atoms with van der Waals surface area (Å²) >= 11 is 12.0. The zero-order chi connectivity index (χ0) is 21.0. The van der Waals surface area contributed by atoms with E-state index >= 15 is 0 Å². The number of nitro groups is 1. The maximum Gasteiger partial charge on any atom is 0.294 e. The summed E-state index contributed by atoms with van der Waals surface area (Å²) in [5.74, 6) is -0.0918. The molecule has 8 nitrogen and oxygen atoms in total. The van der Waals surface area contributed by atoms with E-state index in [0.717, 1.165) is 13.1 Å². The smallest absolute Gasteiger partial charge is 0.294 e. The van der Waals surface area contributed by atoms with Crippen LogP contribution in [0.25, 0.3) is 0 Å². The van der Waals surface area contributed by atoms with E-state index < -0.39 is 10.8 Å². The first kappa shape index (κ1) is 21.2. The highest BCUT2D eigenvalue weighted by Gasteiger charge is 2.22. The van der Waals surface area contributed by atoms with Crippen molar-refractivity contribution in [2.45, 2.75) is 6.92 Å². The number of aryl methyl sites for hydroxylation is 1. The molecule has 0 saturated carbocycles. The van der Waals surface area contributed by atoms with Crippen LogP contribution in [0.15, 0.2) is 30.3 Å². The van der Waals surface area contributed by atoms with E-state index in [4.69, 9.17) is 27.9 Å². The highest BCUT2D eigenvalue weighted by molar-refractivity contribution is 6.35. The van der Waals surface area contributed by atoms with Gasteiger partial charge in [-0.1, -0.05) is 23.2 Å². The van der Waals surface area contributed by atoms with E-state index in [0.29, 0.717) is 45.8 Å². The number of halogens is 2. The number of ether oxygens (including phenoxy) is 1. The van der Waals surface area contributed by atoms with Gasteiger partial charge in [0, 0.05) is 43.0 Å². The van der Waals surface area contributed by atoms with Crippen LogP contribution in [0.2, 0.25) is 10.0 Å². The van der Waals surface area contributed by atoms with Crippen LogP contribution in [-0.2, 0) is 4.79 Å². The fourth-order valence-corrected chi connectivity index (χ4v) is 3.78. The van der Waals surface area contributed by atoms with Crippen molar-refractivity contribution in [2.75, 3.05) is 43.0 Å². The topological polar surface area (TPSA) is 96.7 Å². The molecule has 0 bridgehead atoms. The van der Waals surface area contributed by atoms with Gasteiger partial charge in [0.2, 0.25) is 0 Å². The summed E-state index contributed by atoms with van der Waals surface area (Å²) in [7, 11) is 0. The van der Waals surface area contributed by atoms with E-state index in [2.05, 4.69) is 10.6 Å². The molecule has 2 N–H and O–H groups in total. The van der Waals surface area contributed by atoms with Crippen LogP contribution in [0.4, 0.5) is 17.1 Å². The van der Waals surface area contributed by atoms with Gasteiger partial charge in [0.25, 0.3) is 11.6 Å². The fraction of sp³-hybridized carbons (Fsp3) is 0.316. The zero-order valence-corrected chi connectivity index (χ0v) is 17.2. The van der Waals surface area contributed by atoms with E-state index in [1.807, 2.05) is 4.90 Å². The predicted octanol–water partition coefficient (Wildman–Crippen LogP) is 3.64. The van der Waals surface area contributed by atoms with Crippen molar-refractivity contribution in [3.8, 4) is 5.75 Å². The molecule has 0 aliphatic carbocycles. The Morgan fingerprint density at radius 1 is 1.28 bits per heavy atom. The van der Waals surface area contributed by atoms with Crippen molar-refractivity contribution in [1.29, 1.82) is 0 Å². The van der Waals surface area contributed by atoms with Gasteiger partial charge in [0.1, 0.15) is 11.4 Å². The number of piperazine rings is 1. The molecule has 3 rings (SSSR count). The predicted molar refractivity (Wildman–Crippen MR) is 114 cm³/mol. The van der Waals surface area contributed by atoms with E-state index in [1.54, 1.807) is 25.1 Å². The number of nitro benzene ring substituents is 1. The maximum atomic E-state index is 12.2. The molecule has 1 heterocycles. The van der Waals surface area contributed by atoms with E-state index in [9.17, 15) is 14.9 Å². The lowest BCUT2D eigenvalue weighted by Crippen LogP contribution is -2.43. The Bertz CT molecular complexity index is 909. The molecule has 10 heteroatoms. The Morgan fingerprint density at radius 3 is 2.66 bits per heavy atom. The Balaban J connectivity index is 1.69. The van der Waals surface area contributed by atoms with Crippen molar-refractivity contribution in [3.05, 3.63) is 56.1 Å². The average molecular weight is 439 g/mol. The molecule has 2 aromatic rings. The maximum absolute atomic E-state index is 12.2. The molecule has 1 fully saturated rings. The summed E-state index contributed by atoms with van der Waals surface area (Å²) < 4.78 is 5.50. The summed E-state index contributed by atoms with van der Waals surface area (Å²) in [5.41, 5.74) is 1.51. The monoisotopic (exact) mass is 438 g/mol. The lowest BCUT2D eigenvalue weighted by atomic mass is 10.2. The fourth-order valence-electron chi connectivity index (χ4n) is 3.13. The summed E-state index contributed by atoms with van der Waals surface area (Å²) in [4.78, 5) is 25.3. The van der Waals surface area contributed by atoms with Crippen molar-refractivity contribution in [1.82, 2.24) is 5.32 Å². The van der Waals surface area contributed by atoms with Gasteiger partial charge in [-0.2, -0.15) is 0 Å². The van der Waals surface area contributed by atoms with Gasteiger partial charge in [-0.25, -0.2) is 0 Å². The van der Waals surface area contributed by atoms with Gasteiger partial charge in [0.15, 0.2) is 6.61 Å². The molecule has 0 spiro atoms. The molecule has 1 amide bonds. The number of nitrogens with one attached hydrogen (secondary N) is 2. The molecule has 154 valence electrons. The van der Waals surface area contributed by atoms with Crippen molar-refractivity contribution in [2.24, 2.45) is 0 Å². The normalized spacial score (nSPS) is 13.8. The summed E-state index contributed by atoms with van der Waals surface area (Å²) in [6, 6.07) is 7.86. The van der Waals surface area contributed by atoms with E-state index in [1.165, 1.54) is 12.1 Å². The number of anilines is 2. The molecule has 0 aromatic heterocycles. The lowest BCUT2D eigenvalue weighted by Gasteiger charge is -2.29. The van der Waals surface area contributed by atoms with Crippen LogP contribution in [0, 0.1) is 17.0 Å². The molecule has 2 aromatic carbocycles. The minimum absolute atomic E-state index is 0.0535. The number of hydrogen-bond donors (Lipinski definition) is 2. The van der Waals surface area contributed by atoms with Gasteiger partial charge >= 0.3 is 0 Å². The van der Waals surface area contributed by atoms with Crippen LogP contribution >= 0.6 is 23.2 Å². The molecular formula is C19H20Cl2N4O4. The second kappa shape index (κ2) is 9.30. The average Bonchev–Trinajstić information content (AvgIpc) is 2.67. The lowest BCUT2D eigenvalue weighted by molar-refractivity contribution is -0.384. The highest BCUT2D eigenvalue weighted by Crippen LogP contribution is 2.33. The molecule has 1 aliphatic heterocycles. The van der Waals surface area contributed by atoms with Crippen molar-refractivity contribution in [3.63, 3.8) is 0 Å². The van der Waals surface area contributed by atoms with Crippen molar-refractivity contribution < 1.29 is 14.5 Å². The number of hydrogen-bond acceptors (Lipinski definition) is 6. The van der Waals surface area contributed by atoms with Gasteiger partial charge in [-0.15, -0.1) is 0 Å². The zero-order valence-electron chi connectivity index (χ0n) is 15.7. The standard InChI is InChI=1S/C19H20Cl2N4O4/c1-12-8-13(20)9-15(21)19(12)29-11-18(26)23-14-2-3-16(17(10-14)25(27)28)24-6-4-22-5-7-24/h2-3,8-10,22H,4-7,11H2,1H3,(H,23,26). The van der Waals surface area contributed by atoms with Crippen molar-refractivity contribution >= 4 is 46.2 Å². The number of rotatable bonds is 6. The quantitative estimate of drug-likeness (QED) is 0.527. The Kier molecular flexibility index (Phi) is 6.79. The first-order chi connectivity index (χ1) is 13.8. The minimum atomic E-state index is -0.459. The van der Waals surface area contributed by atoms with Gasteiger partial charge in [-0.05, 0) is 36.8 Å². The Morgan fingerprint density at radius 2 is 2.00 bits per heavy atom. The number of benzene rings is 2. The van der Waals surface area contributed by atoms with Crippen LogP contribution < -0.4 is 20.3 Å². The third kappa shape index (κ3) is 5.29. The third-order valence-electron chi connectivity index (χ3n) is 4.46. The molecule has 29 heavy (non-hydrogen) atoms. The van der Waals surface area contributed by atoms with E-state index in [-0.39, 0.29) is 12.3 Å². The van der Waals surface area contributed by atoms with Gasteiger partial charge in [-0.3, -0.25) is 14.9 Å². The number of carbonyl (C=O) groups is 1. The molecule has 0 atom stereocenters. The number of carbonyl (C=O) groups excluding carboxylic acids is 1. The van der Waals surface area contributed by atoms with Crippen LogP contribution in [0.1, 0.15) is 5.56 Å². The first-order valence-corrected chi connectivity index (χ1v) is 9.73. The molecule has 1 aliphatic rings.